The predicted octanol–water partition coefficient (Wildman–Crippen LogP) is 2.97. The van der Waals surface area contributed by atoms with Crippen LogP contribution in [0.5, 0.6) is 0 Å². The van der Waals surface area contributed by atoms with Gasteiger partial charge in [0, 0.05) is 24.0 Å². The molecule has 0 saturated heterocycles. The molecule has 2 heterocycles. The molecule has 0 saturated carbocycles. The first-order valence-electron chi connectivity index (χ1n) is 6.75. The largest absolute Gasteiger partial charge is 0.357 e. The predicted molar refractivity (Wildman–Crippen MR) is 82.4 cm³/mol. The number of para-hydroxylation sites is 1. The van der Waals surface area contributed by atoms with Gasteiger partial charge in [-0.05, 0) is 24.4 Å². The number of aryl methyl sites for hydroxylation is 1. The number of amides is 1. The highest BCUT2D eigenvalue weighted by Gasteiger charge is 2.15. The number of rotatable bonds is 4. The molecule has 21 heavy (non-hydrogen) atoms. The number of hydrogen-bond acceptors (Lipinski definition) is 2. The van der Waals surface area contributed by atoms with E-state index in [1.807, 2.05) is 37.3 Å². The number of fused-ring (bicyclic) bond motifs is 1. The number of carbonyl (C=O) groups is 1. The summed E-state index contributed by atoms with van der Waals surface area (Å²) in [6, 6.07) is 9.99. The summed E-state index contributed by atoms with van der Waals surface area (Å²) < 4.78 is 1.64. The van der Waals surface area contributed by atoms with Gasteiger partial charge in [-0.25, -0.2) is 0 Å². The molecule has 6 heteroatoms. The fraction of sp³-hybridized carbons (Fsp3) is 0.200. The number of halogens is 1. The number of benzene rings is 1. The minimum atomic E-state index is -0.272. The third kappa shape index (κ3) is 2.78. The van der Waals surface area contributed by atoms with E-state index in [0.29, 0.717) is 18.1 Å². The Bertz CT molecular complexity index is 757. The van der Waals surface area contributed by atoms with E-state index in [0.717, 1.165) is 16.6 Å². The molecule has 1 aromatic carbocycles. The summed E-state index contributed by atoms with van der Waals surface area (Å²) in [6.45, 7) is 3.02. The zero-order valence-electron chi connectivity index (χ0n) is 11.6. The molecule has 2 aromatic heterocycles. The summed E-state index contributed by atoms with van der Waals surface area (Å²) in [5.74, 6) is -0.272. The van der Waals surface area contributed by atoms with Crippen molar-refractivity contribution in [3.8, 4) is 0 Å². The minimum Gasteiger partial charge on any atom is -0.357 e. The van der Waals surface area contributed by atoms with Crippen molar-refractivity contribution in [3.63, 3.8) is 0 Å². The van der Waals surface area contributed by atoms with Crippen LogP contribution in [0, 0.1) is 0 Å². The monoisotopic (exact) mass is 302 g/mol. The highest BCUT2D eigenvalue weighted by molar-refractivity contribution is 6.33. The van der Waals surface area contributed by atoms with Crippen LogP contribution in [0.4, 0.5) is 0 Å². The Labute approximate surface area is 126 Å². The Morgan fingerprint density at radius 1 is 1.43 bits per heavy atom. The van der Waals surface area contributed by atoms with Crippen molar-refractivity contribution in [2.75, 3.05) is 0 Å². The molecule has 2 N–H and O–H groups in total. The Morgan fingerprint density at radius 2 is 2.24 bits per heavy atom. The number of aromatic nitrogens is 3. The number of aromatic amines is 1. The van der Waals surface area contributed by atoms with Crippen LogP contribution in [-0.2, 0) is 13.1 Å². The highest BCUT2D eigenvalue weighted by atomic mass is 35.5. The van der Waals surface area contributed by atoms with E-state index in [2.05, 4.69) is 15.4 Å². The SMILES string of the molecule is CCn1cc(Cl)c(C(=O)NCc2cc3ccccc3[nH]2)n1. The molecule has 3 aromatic rings. The molecule has 0 spiro atoms. The molecule has 0 aliphatic heterocycles. The smallest absolute Gasteiger partial charge is 0.273 e. The van der Waals surface area contributed by atoms with Crippen LogP contribution in [-0.4, -0.2) is 20.7 Å². The van der Waals surface area contributed by atoms with Gasteiger partial charge < -0.3 is 10.3 Å². The Balaban J connectivity index is 1.71. The maximum atomic E-state index is 12.1. The average Bonchev–Trinajstić information content (AvgIpc) is 3.07. The first kappa shape index (κ1) is 13.7. The number of nitrogens with one attached hydrogen (secondary N) is 2. The maximum Gasteiger partial charge on any atom is 0.273 e. The fourth-order valence-electron chi connectivity index (χ4n) is 2.20. The summed E-state index contributed by atoms with van der Waals surface area (Å²) >= 11 is 6.01. The topological polar surface area (TPSA) is 62.7 Å². The summed E-state index contributed by atoms with van der Waals surface area (Å²) in [5, 5.41) is 8.46. The van der Waals surface area contributed by atoms with E-state index in [9.17, 15) is 4.79 Å². The van der Waals surface area contributed by atoms with Crippen molar-refractivity contribution in [2.24, 2.45) is 0 Å². The molecule has 0 aliphatic carbocycles. The Hall–Kier alpha value is -2.27. The second-order valence-corrected chi connectivity index (χ2v) is 5.15. The van der Waals surface area contributed by atoms with Crippen molar-refractivity contribution in [3.05, 3.63) is 52.9 Å². The maximum absolute atomic E-state index is 12.1. The van der Waals surface area contributed by atoms with E-state index in [1.165, 1.54) is 0 Å². The van der Waals surface area contributed by atoms with Gasteiger partial charge in [-0.3, -0.25) is 9.48 Å². The summed E-state index contributed by atoms with van der Waals surface area (Å²) in [6.07, 6.45) is 1.65. The molecule has 5 nitrogen and oxygen atoms in total. The fourth-order valence-corrected chi connectivity index (χ4v) is 2.44. The third-order valence-electron chi connectivity index (χ3n) is 3.28. The zero-order valence-corrected chi connectivity index (χ0v) is 12.3. The minimum absolute atomic E-state index is 0.259. The van der Waals surface area contributed by atoms with Gasteiger partial charge in [0.1, 0.15) is 0 Å². The second-order valence-electron chi connectivity index (χ2n) is 4.75. The lowest BCUT2D eigenvalue weighted by Gasteiger charge is -2.01. The first-order valence-corrected chi connectivity index (χ1v) is 7.13. The molecule has 0 fully saturated rings. The zero-order chi connectivity index (χ0) is 14.8. The number of hydrogen-bond donors (Lipinski definition) is 2. The van der Waals surface area contributed by atoms with Gasteiger partial charge in [-0.15, -0.1) is 0 Å². The highest BCUT2D eigenvalue weighted by Crippen LogP contribution is 2.16. The Kier molecular flexibility index (Phi) is 3.66. The van der Waals surface area contributed by atoms with Gasteiger partial charge in [0.25, 0.3) is 5.91 Å². The lowest BCUT2D eigenvalue weighted by Crippen LogP contribution is -2.24. The average molecular weight is 303 g/mol. The van der Waals surface area contributed by atoms with E-state index >= 15 is 0 Å². The molecule has 0 radical (unpaired) electrons. The molecule has 108 valence electrons. The van der Waals surface area contributed by atoms with Crippen molar-refractivity contribution in [1.82, 2.24) is 20.1 Å². The van der Waals surface area contributed by atoms with Crippen molar-refractivity contribution in [1.29, 1.82) is 0 Å². The third-order valence-corrected chi connectivity index (χ3v) is 3.56. The first-order chi connectivity index (χ1) is 10.2. The van der Waals surface area contributed by atoms with Gasteiger partial charge in [-0.2, -0.15) is 5.10 Å². The molecule has 1 amide bonds. The van der Waals surface area contributed by atoms with Crippen LogP contribution in [0.3, 0.4) is 0 Å². The van der Waals surface area contributed by atoms with E-state index in [4.69, 9.17) is 11.6 Å². The molecule has 0 atom stereocenters. The van der Waals surface area contributed by atoms with Crippen molar-refractivity contribution >= 4 is 28.4 Å². The van der Waals surface area contributed by atoms with Gasteiger partial charge in [0.05, 0.1) is 11.6 Å². The van der Waals surface area contributed by atoms with Crippen LogP contribution >= 0.6 is 11.6 Å². The summed E-state index contributed by atoms with van der Waals surface area (Å²) in [4.78, 5) is 15.4. The van der Waals surface area contributed by atoms with E-state index in [-0.39, 0.29) is 11.6 Å². The van der Waals surface area contributed by atoms with E-state index < -0.39 is 0 Å². The normalized spacial score (nSPS) is 11.0. The number of H-pyrrole nitrogens is 1. The second kappa shape index (κ2) is 5.61. The number of nitrogens with zero attached hydrogens (tertiary/aromatic N) is 2. The summed E-state index contributed by atoms with van der Waals surface area (Å²) in [7, 11) is 0. The standard InChI is InChI=1S/C15H15ClN4O/c1-2-20-9-12(16)14(19-20)15(21)17-8-11-7-10-5-3-4-6-13(10)18-11/h3-7,9,18H,2,8H2,1H3,(H,17,21). The van der Waals surface area contributed by atoms with Crippen LogP contribution in [0.15, 0.2) is 36.5 Å². The van der Waals surface area contributed by atoms with Crippen molar-refractivity contribution < 1.29 is 4.79 Å². The summed E-state index contributed by atoms with van der Waals surface area (Å²) in [5.41, 5.74) is 2.25. The van der Waals surface area contributed by atoms with Crippen LogP contribution < -0.4 is 5.32 Å². The van der Waals surface area contributed by atoms with Crippen LogP contribution in [0.1, 0.15) is 23.1 Å². The van der Waals surface area contributed by atoms with Gasteiger partial charge in [-0.1, -0.05) is 29.8 Å². The molecule has 0 unspecified atom stereocenters. The Morgan fingerprint density at radius 3 is 2.95 bits per heavy atom. The van der Waals surface area contributed by atoms with Gasteiger partial charge >= 0.3 is 0 Å². The van der Waals surface area contributed by atoms with Crippen LogP contribution in [0.2, 0.25) is 5.02 Å². The quantitative estimate of drug-likeness (QED) is 0.778. The molecule has 3 rings (SSSR count). The van der Waals surface area contributed by atoms with Gasteiger partial charge in [0.2, 0.25) is 0 Å². The molecule has 0 aliphatic rings. The van der Waals surface area contributed by atoms with Crippen molar-refractivity contribution in [2.45, 2.75) is 20.0 Å². The lowest BCUT2D eigenvalue weighted by molar-refractivity contribution is 0.0945. The van der Waals surface area contributed by atoms with Crippen LogP contribution in [0.25, 0.3) is 10.9 Å². The molecular weight excluding hydrogens is 288 g/mol. The molecule has 0 bridgehead atoms. The van der Waals surface area contributed by atoms with E-state index in [1.54, 1.807) is 10.9 Å². The lowest BCUT2D eigenvalue weighted by atomic mass is 10.2. The molecular formula is C15H15ClN4O. The van der Waals surface area contributed by atoms with Gasteiger partial charge in [0.15, 0.2) is 5.69 Å². The number of carbonyl (C=O) groups excluding carboxylic acids is 1.